The molecule has 0 aromatic heterocycles. The molecular weight excluding hydrogens is 274 g/mol. The molecule has 2 aromatic rings. The van der Waals surface area contributed by atoms with Crippen molar-refractivity contribution in [2.75, 3.05) is 5.43 Å². The number of hydrogen-bond acceptors (Lipinski definition) is 6. The van der Waals surface area contributed by atoms with Gasteiger partial charge < -0.3 is 15.3 Å². The average molecular weight is 289 g/mol. The smallest absolute Gasteiger partial charge is 0.294 e. The minimum Gasteiger partial charge on any atom is -0.489 e. The quantitative estimate of drug-likeness (QED) is 0.426. The summed E-state index contributed by atoms with van der Waals surface area (Å²) in [5, 5.41) is 20.0. The van der Waals surface area contributed by atoms with Crippen LogP contribution in [-0.4, -0.2) is 10.0 Å². The fraction of sp³-hybridized carbons (Fsp3) is 0.143. The Morgan fingerprint density at radius 2 is 2.05 bits per heavy atom. The van der Waals surface area contributed by atoms with Crippen molar-refractivity contribution in [1.29, 1.82) is 0 Å². The van der Waals surface area contributed by atoms with Crippen molar-refractivity contribution in [3.05, 3.63) is 63.7 Å². The first-order valence-corrected chi connectivity index (χ1v) is 6.21. The standard InChI is InChI=1S/C14H15N3O4/c15-16-14-11(4-2-6-13(14)17(19)20)9-21-12-5-1-3-10(7-12)8-18/h1-7,16,18H,8-9,15H2. The van der Waals surface area contributed by atoms with Crippen LogP contribution in [0.4, 0.5) is 11.4 Å². The molecule has 0 amide bonds. The van der Waals surface area contributed by atoms with Crippen LogP contribution in [-0.2, 0) is 13.2 Å². The fourth-order valence-electron chi connectivity index (χ4n) is 1.92. The zero-order valence-corrected chi connectivity index (χ0v) is 11.2. The van der Waals surface area contributed by atoms with Crippen LogP contribution in [0.3, 0.4) is 0 Å². The molecule has 0 fully saturated rings. The molecule has 0 aliphatic heterocycles. The third-order valence-corrected chi connectivity index (χ3v) is 2.95. The van der Waals surface area contributed by atoms with Crippen LogP contribution in [0, 0.1) is 10.1 Å². The largest absolute Gasteiger partial charge is 0.489 e. The Labute approximate surface area is 121 Å². The molecule has 2 rings (SSSR count). The van der Waals surface area contributed by atoms with Crippen LogP contribution in [0.25, 0.3) is 0 Å². The highest BCUT2D eigenvalue weighted by molar-refractivity contribution is 5.65. The monoisotopic (exact) mass is 289 g/mol. The van der Waals surface area contributed by atoms with Gasteiger partial charge in [0.15, 0.2) is 0 Å². The highest BCUT2D eigenvalue weighted by Crippen LogP contribution is 2.28. The number of nitrogens with zero attached hydrogens (tertiary/aromatic N) is 1. The van der Waals surface area contributed by atoms with Gasteiger partial charge in [-0.1, -0.05) is 24.3 Å². The first-order valence-electron chi connectivity index (χ1n) is 6.21. The van der Waals surface area contributed by atoms with Gasteiger partial charge in [0.25, 0.3) is 5.69 Å². The SMILES string of the molecule is NNc1c(COc2cccc(CO)c2)cccc1[N+](=O)[O-]. The van der Waals surface area contributed by atoms with Gasteiger partial charge in [0, 0.05) is 11.6 Å². The lowest BCUT2D eigenvalue weighted by molar-refractivity contribution is -0.384. The van der Waals surface area contributed by atoms with Crippen LogP contribution in [0.2, 0.25) is 0 Å². The number of nitro benzene ring substituents is 1. The summed E-state index contributed by atoms with van der Waals surface area (Å²) in [6.45, 7) is 0.0414. The van der Waals surface area contributed by atoms with Crippen molar-refractivity contribution in [2.45, 2.75) is 13.2 Å². The molecule has 0 aliphatic carbocycles. The van der Waals surface area contributed by atoms with E-state index in [9.17, 15) is 10.1 Å². The van der Waals surface area contributed by atoms with Crippen LogP contribution < -0.4 is 16.0 Å². The molecular formula is C14H15N3O4. The maximum Gasteiger partial charge on any atom is 0.294 e. The van der Waals surface area contributed by atoms with Gasteiger partial charge >= 0.3 is 0 Å². The Morgan fingerprint density at radius 3 is 2.71 bits per heavy atom. The summed E-state index contributed by atoms with van der Waals surface area (Å²) in [4.78, 5) is 10.4. The molecule has 0 atom stereocenters. The van der Waals surface area contributed by atoms with Gasteiger partial charge in [0.1, 0.15) is 18.0 Å². The fourth-order valence-corrected chi connectivity index (χ4v) is 1.92. The zero-order valence-electron chi connectivity index (χ0n) is 11.2. The predicted molar refractivity (Wildman–Crippen MR) is 77.6 cm³/mol. The van der Waals surface area contributed by atoms with Gasteiger partial charge in [0.2, 0.25) is 0 Å². The van der Waals surface area contributed by atoms with E-state index in [1.165, 1.54) is 6.07 Å². The summed E-state index contributed by atoms with van der Waals surface area (Å²) in [5.74, 6) is 5.93. The molecule has 0 unspecified atom stereocenters. The number of nitro groups is 1. The number of nitrogens with two attached hydrogens (primary N) is 1. The molecule has 2 aromatic carbocycles. The minimum atomic E-state index is -0.509. The van der Waals surface area contributed by atoms with Gasteiger partial charge in [-0.3, -0.25) is 16.0 Å². The molecule has 7 heteroatoms. The number of para-hydroxylation sites is 1. The van der Waals surface area contributed by atoms with Gasteiger partial charge in [-0.25, -0.2) is 0 Å². The summed E-state index contributed by atoms with van der Waals surface area (Å²) in [6, 6.07) is 11.6. The summed E-state index contributed by atoms with van der Waals surface area (Å²) in [5.41, 5.74) is 3.75. The Bertz CT molecular complexity index is 646. The van der Waals surface area contributed by atoms with E-state index in [0.29, 0.717) is 11.3 Å². The average Bonchev–Trinajstić information content (AvgIpc) is 2.52. The van der Waals surface area contributed by atoms with Crippen LogP contribution in [0.15, 0.2) is 42.5 Å². The number of nitrogens with one attached hydrogen (secondary N) is 1. The summed E-state index contributed by atoms with van der Waals surface area (Å²) in [7, 11) is 0. The van der Waals surface area contributed by atoms with E-state index >= 15 is 0 Å². The molecule has 0 saturated carbocycles. The molecule has 0 aliphatic rings. The lowest BCUT2D eigenvalue weighted by Crippen LogP contribution is -2.12. The van der Waals surface area contributed by atoms with Crippen LogP contribution in [0.5, 0.6) is 5.75 Å². The summed E-state index contributed by atoms with van der Waals surface area (Å²) < 4.78 is 5.58. The Kier molecular flexibility index (Phi) is 4.70. The number of hydrogen-bond donors (Lipinski definition) is 3. The van der Waals surface area contributed by atoms with Gasteiger partial charge in [0.05, 0.1) is 11.5 Å². The second kappa shape index (κ2) is 6.69. The number of hydrazine groups is 1. The van der Waals surface area contributed by atoms with Crippen molar-refractivity contribution in [1.82, 2.24) is 0 Å². The molecule has 0 heterocycles. The first kappa shape index (κ1) is 14.8. The lowest BCUT2D eigenvalue weighted by Gasteiger charge is -2.11. The van der Waals surface area contributed by atoms with Crippen molar-refractivity contribution in [3.8, 4) is 5.75 Å². The van der Waals surface area contributed by atoms with E-state index in [2.05, 4.69) is 5.43 Å². The van der Waals surface area contributed by atoms with Crippen molar-refractivity contribution >= 4 is 11.4 Å². The first-order chi connectivity index (χ1) is 10.2. The molecule has 21 heavy (non-hydrogen) atoms. The normalized spacial score (nSPS) is 10.2. The van der Waals surface area contributed by atoms with E-state index in [4.69, 9.17) is 15.7 Å². The third kappa shape index (κ3) is 3.47. The zero-order chi connectivity index (χ0) is 15.2. The number of aliphatic hydroxyl groups is 1. The van der Waals surface area contributed by atoms with E-state index in [1.54, 1.807) is 36.4 Å². The number of benzene rings is 2. The molecule has 0 bridgehead atoms. The molecule has 7 nitrogen and oxygen atoms in total. The van der Waals surface area contributed by atoms with Gasteiger partial charge in [-0.15, -0.1) is 0 Å². The van der Waals surface area contributed by atoms with E-state index < -0.39 is 4.92 Å². The second-order valence-corrected chi connectivity index (χ2v) is 4.31. The minimum absolute atomic E-state index is 0.0797. The maximum atomic E-state index is 10.9. The molecule has 0 spiro atoms. The number of rotatable bonds is 6. The summed E-state index contributed by atoms with van der Waals surface area (Å²) >= 11 is 0. The van der Waals surface area contributed by atoms with Gasteiger partial charge in [-0.2, -0.15) is 0 Å². The topological polar surface area (TPSA) is 111 Å². The van der Waals surface area contributed by atoms with E-state index in [1.807, 2.05) is 0 Å². The highest BCUT2D eigenvalue weighted by atomic mass is 16.6. The third-order valence-electron chi connectivity index (χ3n) is 2.95. The van der Waals surface area contributed by atoms with Gasteiger partial charge in [-0.05, 0) is 17.7 Å². The number of ether oxygens (including phenoxy) is 1. The number of nitrogen functional groups attached to an aromatic ring is 1. The van der Waals surface area contributed by atoms with E-state index in [-0.39, 0.29) is 24.6 Å². The molecule has 110 valence electrons. The number of aliphatic hydroxyl groups excluding tert-OH is 1. The lowest BCUT2D eigenvalue weighted by atomic mass is 10.1. The highest BCUT2D eigenvalue weighted by Gasteiger charge is 2.16. The van der Waals surface area contributed by atoms with Crippen LogP contribution >= 0.6 is 0 Å². The Hall–Kier alpha value is -2.64. The van der Waals surface area contributed by atoms with Crippen molar-refractivity contribution in [2.24, 2.45) is 5.84 Å². The Morgan fingerprint density at radius 1 is 1.29 bits per heavy atom. The maximum absolute atomic E-state index is 10.9. The van der Waals surface area contributed by atoms with Crippen molar-refractivity contribution < 1.29 is 14.8 Å². The predicted octanol–water partition coefficient (Wildman–Crippen LogP) is 1.95. The van der Waals surface area contributed by atoms with E-state index in [0.717, 1.165) is 5.56 Å². The molecule has 4 N–H and O–H groups in total. The molecule has 0 saturated heterocycles. The summed E-state index contributed by atoms with van der Waals surface area (Å²) in [6.07, 6.45) is 0. The molecule has 0 radical (unpaired) electrons. The van der Waals surface area contributed by atoms with Crippen molar-refractivity contribution in [3.63, 3.8) is 0 Å². The number of anilines is 1. The van der Waals surface area contributed by atoms with Crippen LogP contribution in [0.1, 0.15) is 11.1 Å². The second-order valence-electron chi connectivity index (χ2n) is 4.31. The Balaban J connectivity index is 2.19.